The summed E-state index contributed by atoms with van der Waals surface area (Å²) in [6.07, 6.45) is 1.83. The summed E-state index contributed by atoms with van der Waals surface area (Å²) in [5, 5.41) is 5.89. The van der Waals surface area contributed by atoms with E-state index >= 15 is 0 Å². The van der Waals surface area contributed by atoms with E-state index in [-0.39, 0.29) is 0 Å². The second-order valence-electron chi connectivity index (χ2n) is 15.1. The molecule has 8 aromatic carbocycles. The molecule has 0 bridgehead atoms. The van der Waals surface area contributed by atoms with Gasteiger partial charge in [0.05, 0.1) is 16.7 Å². The molecule has 0 saturated heterocycles. The van der Waals surface area contributed by atoms with E-state index in [4.69, 9.17) is 15.0 Å². The van der Waals surface area contributed by atoms with Gasteiger partial charge < -0.3 is 4.57 Å². The molecule has 0 saturated carbocycles. The van der Waals surface area contributed by atoms with Crippen molar-refractivity contribution < 1.29 is 0 Å². The standard InChI is InChI=1S/C54H34N4/c1-4-16-36(17-5-1)51-44-24-14-32-55-52(44)57-53(56-51)54(39-18-6-2-7-19-39)46-25-13-12-23-42(46)43-29-26-38(34-47(43)54)37-28-30-48-45(33-37)50-41-22-11-10-15-35(41)27-31-49(50)58(48)40-20-8-3-9-21-40/h1-34H. The summed E-state index contributed by atoms with van der Waals surface area (Å²) in [7, 11) is 0. The van der Waals surface area contributed by atoms with E-state index < -0.39 is 5.41 Å². The van der Waals surface area contributed by atoms with Gasteiger partial charge in [-0.3, -0.25) is 0 Å². The van der Waals surface area contributed by atoms with Crippen molar-refractivity contribution in [3.8, 4) is 39.2 Å². The summed E-state index contributed by atoms with van der Waals surface area (Å²) in [5.41, 5.74) is 13.4. The van der Waals surface area contributed by atoms with E-state index in [1.807, 2.05) is 18.3 Å². The molecule has 1 aliphatic carbocycles. The number of para-hydroxylation sites is 1. The van der Waals surface area contributed by atoms with Crippen LogP contribution in [-0.2, 0) is 5.41 Å². The van der Waals surface area contributed by atoms with Gasteiger partial charge in [0.1, 0.15) is 5.41 Å². The minimum atomic E-state index is -0.817. The fraction of sp³-hybridized carbons (Fsp3) is 0.0185. The van der Waals surface area contributed by atoms with E-state index in [9.17, 15) is 0 Å². The maximum absolute atomic E-state index is 5.58. The lowest BCUT2D eigenvalue weighted by Crippen LogP contribution is -2.31. The molecule has 1 unspecified atom stereocenters. The van der Waals surface area contributed by atoms with Crippen LogP contribution in [0.15, 0.2) is 206 Å². The molecule has 1 aliphatic rings. The van der Waals surface area contributed by atoms with Crippen LogP contribution in [0.2, 0.25) is 0 Å². The molecule has 0 amide bonds. The zero-order valence-electron chi connectivity index (χ0n) is 31.4. The Kier molecular flexibility index (Phi) is 7.11. The van der Waals surface area contributed by atoms with E-state index in [2.05, 4.69) is 193 Å². The zero-order valence-corrected chi connectivity index (χ0v) is 31.4. The molecule has 3 aromatic heterocycles. The van der Waals surface area contributed by atoms with Gasteiger partial charge >= 0.3 is 0 Å². The Labute approximate surface area is 335 Å². The number of fused-ring (bicyclic) bond motifs is 9. The number of hydrogen-bond acceptors (Lipinski definition) is 3. The van der Waals surface area contributed by atoms with Crippen molar-refractivity contribution in [1.82, 2.24) is 19.5 Å². The third kappa shape index (κ3) is 4.66. The number of benzene rings is 8. The lowest BCUT2D eigenvalue weighted by molar-refractivity contribution is 0.703. The predicted octanol–water partition coefficient (Wildman–Crippen LogP) is 13.0. The van der Waals surface area contributed by atoms with Gasteiger partial charge in [-0.2, -0.15) is 0 Å². The smallest absolute Gasteiger partial charge is 0.163 e. The van der Waals surface area contributed by atoms with Crippen molar-refractivity contribution in [2.45, 2.75) is 5.41 Å². The normalized spacial score (nSPS) is 14.6. The van der Waals surface area contributed by atoms with Gasteiger partial charge in [-0.15, -0.1) is 0 Å². The lowest BCUT2D eigenvalue weighted by atomic mass is 9.71. The molecule has 1 atom stereocenters. The van der Waals surface area contributed by atoms with Gasteiger partial charge in [0.15, 0.2) is 11.5 Å². The predicted molar refractivity (Wildman–Crippen MR) is 237 cm³/mol. The quantitative estimate of drug-likeness (QED) is 0.177. The van der Waals surface area contributed by atoms with E-state index in [1.165, 1.54) is 43.7 Å². The van der Waals surface area contributed by atoms with Gasteiger partial charge in [0, 0.05) is 33.6 Å². The van der Waals surface area contributed by atoms with Crippen LogP contribution in [0.25, 0.3) is 82.8 Å². The molecule has 4 nitrogen and oxygen atoms in total. The summed E-state index contributed by atoms with van der Waals surface area (Å²) in [6.45, 7) is 0. The summed E-state index contributed by atoms with van der Waals surface area (Å²) >= 11 is 0. The average molecular weight is 739 g/mol. The number of hydrogen-bond donors (Lipinski definition) is 0. The summed E-state index contributed by atoms with van der Waals surface area (Å²) in [4.78, 5) is 15.8. The van der Waals surface area contributed by atoms with E-state index in [0.717, 1.165) is 50.1 Å². The van der Waals surface area contributed by atoms with E-state index in [0.29, 0.717) is 11.5 Å². The minimum absolute atomic E-state index is 0.677. The van der Waals surface area contributed by atoms with Gasteiger partial charge in [0.25, 0.3) is 0 Å². The van der Waals surface area contributed by atoms with Crippen molar-refractivity contribution >= 4 is 43.6 Å². The van der Waals surface area contributed by atoms with Crippen LogP contribution in [0.4, 0.5) is 0 Å². The average Bonchev–Trinajstić information content (AvgIpc) is 3.80. The van der Waals surface area contributed by atoms with Crippen LogP contribution in [0.3, 0.4) is 0 Å². The highest BCUT2D eigenvalue weighted by atomic mass is 15.0. The first kappa shape index (κ1) is 32.5. The van der Waals surface area contributed by atoms with Crippen LogP contribution >= 0.6 is 0 Å². The van der Waals surface area contributed by atoms with Crippen molar-refractivity contribution in [3.05, 3.63) is 229 Å². The van der Waals surface area contributed by atoms with Crippen LogP contribution in [0.5, 0.6) is 0 Å². The number of aromatic nitrogens is 4. The van der Waals surface area contributed by atoms with Gasteiger partial charge in [0.2, 0.25) is 0 Å². The molecule has 58 heavy (non-hydrogen) atoms. The summed E-state index contributed by atoms with van der Waals surface area (Å²) in [6, 6.07) is 71.9. The first-order valence-corrected chi connectivity index (χ1v) is 19.8. The molecule has 0 spiro atoms. The first-order chi connectivity index (χ1) is 28.8. The molecule has 4 heteroatoms. The minimum Gasteiger partial charge on any atom is -0.309 e. The molecule has 0 radical (unpaired) electrons. The second-order valence-corrected chi connectivity index (χ2v) is 15.1. The zero-order chi connectivity index (χ0) is 38.2. The summed E-state index contributed by atoms with van der Waals surface area (Å²) < 4.78 is 2.40. The highest BCUT2D eigenvalue weighted by molar-refractivity contribution is 6.22. The van der Waals surface area contributed by atoms with Gasteiger partial charge in [-0.1, -0.05) is 152 Å². The van der Waals surface area contributed by atoms with Crippen molar-refractivity contribution in [2.24, 2.45) is 0 Å². The van der Waals surface area contributed by atoms with Crippen LogP contribution in [-0.4, -0.2) is 19.5 Å². The Morgan fingerprint density at radius 3 is 1.97 bits per heavy atom. The van der Waals surface area contributed by atoms with Crippen molar-refractivity contribution in [2.75, 3.05) is 0 Å². The Hall–Kier alpha value is -7.69. The highest BCUT2D eigenvalue weighted by Crippen LogP contribution is 2.56. The third-order valence-corrected chi connectivity index (χ3v) is 12.1. The molecule has 0 aliphatic heterocycles. The first-order valence-electron chi connectivity index (χ1n) is 19.8. The number of pyridine rings is 1. The number of rotatable bonds is 5. The fourth-order valence-corrected chi connectivity index (χ4v) is 9.60. The molecule has 11 aromatic rings. The maximum Gasteiger partial charge on any atom is 0.163 e. The second kappa shape index (κ2) is 12.7. The van der Waals surface area contributed by atoms with Crippen molar-refractivity contribution in [1.29, 1.82) is 0 Å². The van der Waals surface area contributed by atoms with Crippen LogP contribution in [0.1, 0.15) is 22.5 Å². The number of nitrogens with zero attached hydrogens (tertiary/aromatic N) is 4. The third-order valence-electron chi connectivity index (χ3n) is 12.1. The Morgan fingerprint density at radius 1 is 0.431 bits per heavy atom. The molecule has 270 valence electrons. The van der Waals surface area contributed by atoms with Crippen molar-refractivity contribution in [3.63, 3.8) is 0 Å². The lowest BCUT2D eigenvalue weighted by Gasteiger charge is -2.32. The van der Waals surface area contributed by atoms with Gasteiger partial charge in [-0.25, -0.2) is 15.0 Å². The van der Waals surface area contributed by atoms with E-state index in [1.54, 1.807) is 0 Å². The Bertz CT molecular complexity index is 3390. The van der Waals surface area contributed by atoms with Gasteiger partial charge in [-0.05, 0) is 98.2 Å². The monoisotopic (exact) mass is 738 g/mol. The Morgan fingerprint density at radius 2 is 1.10 bits per heavy atom. The fourth-order valence-electron chi connectivity index (χ4n) is 9.60. The highest BCUT2D eigenvalue weighted by Gasteiger charge is 2.49. The Balaban J connectivity index is 1.15. The summed E-state index contributed by atoms with van der Waals surface area (Å²) in [5.74, 6) is 0.708. The van der Waals surface area contributed by atoms with Crippen LogP contribution < -0.4 is 0 Å². The molecule has 0 N–H and O–H groups in total. The maximum atomic E-state index is 5.58. The SMILES string of the molecule is c1ccc(-c2nc(C3(c4ccccc4)c4ccccc4-c4ccc(-c5ccc6c(c5)c5c7ccccc7ccc5n6-c5ccccc5)cc43)nc3ncccc23)cc1. The molecular formula is C54H34N4. The molecule has 12 rings (SSSR count). The topological polar surface area (TPSA) is 43.6 Å². The molecular weight excluding hydrogens is 705 g/mol. The largest absolute Gasteiger partial charge is 0.309 e. The molecule has 3 heterocycles. The molecule has 0 fully saturated rings. The van der Waals surface area contributed by atoms with Crippen LogP contribution in [0, 0.1) is 0 Å².